The van der Waals surface area contributed by atoms with Crippen LogP contribution in [-0.2, 0) is 12.8 Å². The van der Waals surface area contributed by atoms with Crippen LogP contribution in [0.15, 0.2) is 60.7 Å². The molecular weight excluding hydrogens is 428 g/mol. The van der Waals surface area contributed by atoms with Gasteiger partial charge in [0.25, 0.3) is 0 Å². The molecule has 4 aromatic rings. The van der Waals surface area contributed by atoms with Crippen LogP contribution in [0.3, 0.4) is 0 Å². The molecule has 6 rings (SSSR count). The molecule has 2 heterocycles. The molecule has 0 bridgehead atoms. The van der Waals surface area contributed by atoms with Gasteiger partial charge in [0.15, 0.2) is 0 Å². The average molecular weight is 463 g/mol. The van der Waals surface area contributed by atoms with E-state index in [-0.39, 0.29) is 0 Å². The van der Waals surface area contributed by atoms with Gasteiger partial charge in [0.05, 0.1) is 5.69 Å². The Morgan fingerprint density at radius 1 is 0.886 bits per heavy atom. The van der Waals surface area contributed by atoms with E-state index in [0.29, 0.717) is 0 Å². The molecular formula is C31H34N4. The summed E-state index contributed by atoms with van der Waals surface area (Å²) in [5.41, 5.74) is 7.59. The Morgan fingerprint density at radius 2 is 1.74 bits per heavy atom. The second-order valence-electron chi connectivity index (χ2n) is 10.2. The highest BCUT2D eigenvalue weighted by Gasteiger charge is 2.25. The lowest BCUT2D eigenvalue weighted by Gasteiger charge is -2.26. The first-order valence-corrected chi connectivity index (χ1v) is 13.2. The zero-order chi connectivity index (χ0) is 23.6. The summed E-state index contributed by atoms with van der Waals surface area (Å²) in [6, 6.07) is 22.0. The summed E-state index contributed by atoms with van der Waals surface area (Å²) >= 11 is 0. The van der Waals surface area contributed by atoms with E-state index in [1.807, 2.05) is 0 Å². The van der Waals surface area contributed by atoms with E-state index in [0.717, 1.165) is 43.1 Å². The molecule has 3 aromatic carbocycles. The van der Waals surface area contributed by atoms with Crippen LogP contribution in [0.1, 0.15) is 53.9 Å². The van der Waals surface area contributed by atoms with Gasteiger partial charge in [0.1, 0.15) is 11.6 Å². The predicted molar refractivity (Wildman–Crippen MR) is 145 cm³/mol. The largest absolute Gasteiger partial charge is 0.369 e. The summed E-state index contributed by atoms with van der Waals surface area (Å²) in [7, 11) is 0. The van der Waals surface area contributed by atoms with Crippen molar-refractivity contribution >= 4 is 16.6 Å². The third kappa shape index (κ3) is 4.81. The van der Waals surface area contributed by atoms with Crippen molar-refractivity contribution in [1.82, 2.24) is 14.9 Å². The molecule has 4 nitrogen and oxygen atoms in total. The SMILES string of the molecule is Cc1ccc2c(c1)Cc1nc(Cc3ccc4ccccc4c3)nc(NCCCN3CCCCC3)c1-2. The molecule has 1 fully saturated rings. The van der Waals surface area contributed by atoms with Crippen LogP contribution in [-0.4, -0.2) is 41.0 Å². The Bertz CT molecular complexity index is 1350. The van der Waals surface area contributed by atoms with Crippen LogP contribution >= 0.6 is 0 Å². The number of nitrogens with one attached hydrogen (secondary N) is 1. The van der Waals surface area contributed by atoms with Gasteiger partial charge in [0.2, 0.25) is 0 Å². The van der Waals surface area contributed by atoms with E-state index in [4.69, 9.17) is 9.97 Å². The topological polar surface area (TPSA) is 41.1 Å². The van der Waals surface area contributed by atoms with E-state index in [9.17, 15) is 0 Å². The predicted octanol–water partition coefficient (Wildman–Crippen LogP) is 6.39. The smallest absolute Gasteiger partial charge is 0.137 e. The van der Waals surface area contributed by atoms with E-state index < -0.39 is 0 Å². The molecule has 1 saturated heterocycles. The van der Waals surface area contributed by atoms with E-state index >= 15 is 0 Å². The first kappa shape index (κ1) is 22.2. The Kier molecular flexibility index (Phi) is 6.22. The van der Waals surface area contributed by atoms with Crippen LogP contribution in [0.2, 0.25) is 0 Å². The lowest BCUT2D eigenvalue weighted by atomic mass is 10.0. The summed E-state index contributed by atoms with van der Waals surface area (Å²) in [5.74, 6) is 1.91. The zero-order valence-electron chi connectivity index (χ0n) is 20.7. The van der Waals surface area contributed by atoms with Crippen molar-refractivity contribution in [3.8, 4) is 11.1 Å². The molecule has 0 saturated carbocycles. The summed E-state index contributed by atoms with van der Waals surface area (Å²) in [6.07, 6.45) is 6.86. The third-order valence-electron chi connectivity index (χ3n) is 7.49. The zero-order valence-corrected chi connectivity index (χ0v) is 20.7. The third-order valence-corrected chi connectivity index (χ3v) is 7.49. The highest BCUT2D eigenvalue weighted by molar-refractivity contribution is 5.85. The average Bonchev–Trinajstić information content (AvgIpc) is 3.24. The summed E-state index contributed by atoms with van der Waals surface area (Å²) < 4.78 is 0. The fourth-order valence-electron chi connectivity index (χ4n) is 5.69. The Balaban J connectivity index is 1.26. The highest BCUT2D eigenvalue weighted by atomic mass is 15.1. The monoisotopic (exact) mass is 462 g/mol. The fourth-order valence-corrected chi connectivity index (χ4v) is 5.69. The standard InChI is InChI=1S/C31H34N4/c1-22-10-13-27-26(18-22)21-28-30(27)31(32-14-7-17-35-15-5-2-6-16-35)34-29(33-28)20-23-11-12-24-8-3-4-9-25(24)19-23/h3-4,8-13,18-19H,2,5-7,14-17,20-21H2,1H3,(H,32,33,34). The number of aromatic nitrogens is 2. The van der Waals surface area contributed by atoms with E-state index in [2.05, 4.69) is 77.8 Å². The second-order valence-corrected chi connectivity index (χ2v) is 10.2. The van der Waals surface area contributed by atoms with Gasteiger partial charge >= 0.3 is 0 Å². The number of rotatable bonds is 7. The van der Waals surface area contributed by atoms with Gasteiger partial charge in [0, 0.05) is 24.9 Å². The molecule has 1 N–H and O–H groups in total. The molecule has 0 spiro atoms. The number of likely N-dealkylation sites (tertiary alicyclic amines) is 1. The van der Waals surface area contributed by atoms with Gasteiger partial charge in [-0.15, -0.1) is 0 Å². The van der Waals surface area contributed by atoms with Gasteiger partial charge in [-0.05, 0) is 73.3 Å². The van der Waals surface area contributed by atoms with Gasteiger partial charge in [-0.2, -0.15) is 0 Å². The Labute approximate surface area is 208 Å². The van der Waals surface area contributed by atoms with E-state index in [1.54, 1.807) is 0 Å². The molecule has 1 aromatic heterocycles. The Hall–Kier alpha value is -3.24. The number of benzene rings is 3. The quantitative estimate of drug-likeness (QED) is 0.285. The maximum Gasteiger partial charge on any atom is 0.137 e. The molecule has 2 aliphatic rings. The van der Waals surface area contributed by atoms with Gasteiger partial charge in [-0.25, -0.2) is 9.97 Å². The minimum atomic E-state index is 0.746. The number of anilines is 1. The van der Waals surface area contributed by atoms with Crippen molar-refractivity contribution in [3.05, 3.63) is 88.9 Å². The lowest BCUT2D eigenvalue weighted by Crippen LogP contribution is -2.31. The van der Waals surface area contributed by atoms with E-state index in [1.165, 1.54) is 77.5 Å². The molecule has 1 aliphatic heterocycles. The van der Waals surface area contributed by atoms with Gasteiger partial charge < -0.3 is 10.2 Å². The van der Waals surface area contributed by atoms with Crippen molar-refractivity contribution in [2.45, 2.75) is 45.4 Å². The van der Waals surface area contributed by atoms with Crippen LogP contribution in [0, 0.1) is 6.92 Å². The second kappa shape index (κ2) is 9.79. The number of aryl methyl sites for hydroxylation is 1. The van der Waals surface area contributed by atoms with Crippen molar-refractivity contribution < 1.29 is 0 Å². The number of piperidine rings is 1. The lowest BCUT2D eigenvalue weighted by molar-refractivity contribution is 0.228. The molecule has 0 radical (unpaired) electrons. The molecule has 1 aliphatic carbocycles. The maximum absolute atomic E-state index is 5.09. The Morgan fingerprint density at radius 3 is 2.63 bits per heavy atom. The maximum atomic E-state index is 5.09. The molecule has 0 atom stereocenters. The van der Waals surface area contributed by atoms with Crippen molar-refractivity contribution in [3.63, 3.8) is 0 Å². The van der Waals surface area contributed by atoms with Crippen LogP contribution in [0.4, 0.5) is 5.82 Å². The minimum absolute atomic E-state index is 0.746. The molecule has 4 heteroatoms. The number of nitrogens with zero attached hydrogens (tertiary/aromatic N) is 3. The fraction of sp³-hybridized carbons (Fsp3) is 0.355. The van der Waals surface area contributed by atoms with Crippen LogP contribution < -0.4 is 5.32 Å². The van der Waals surface area contributed by atoms with Crippen LogP contribution in [0.5, 0.6) is 0 Å². The van der Waals surface area contributed by atoms with Crippen LogP contribution in [0.25, 0.3) is 21.9 Å². The molecule has 178 valence electrons. The molecule has 35 heavy (non-hydrogen) atoms. The molecule has 0 amide bonds. The number of fused-ring (bicyclic) bond motifs is 4. The summed E-state index contributed by atoms with van der Waals surface area (Å²) in [4.78, 5) is 12.8. The van der Waals surface area contributed by atoms with Gasteiger partial charge in [-0.1, -0.05) is 72.6 Å². The number of hydrogen-bond acceptors (Lipinski definition) is 4. The molecule has 0 unspecified atom stereocenters. The first-order valence-electron chi connectivity index (χ1n) is 13.2. The number of hydrogen-bond donors (Lipinski definition) is 1. The summed E-state index contributed by atoms with van der Waals surface area (Å²) in [6.45, 7) is 6.79. The first-order chi connectivity index (χ1) is 17.2. The van der Waals surface area contributed by atoms with Crippen molar-refractivity contribution in [2.75, 3.05) is 31.5 Å². The minimum Gasteiger partial charge on any atom is -0.369 e. The normalized spacial score (nSPS) is 15.2. The highest BCUT2D eigenvalue weighted by Crippen LogP contribution is 2.40. The van der Waals surface area contributed by atoms with Gasteiger partial charge in [-0.3, -0.25) is 0 Å². The summed E-state index contributed by atoms with van der Waals surface area (Å²) in [5, 5.41) is 6.26. The van der Waals surface area contributed by atoms with Crippen molar-refractivity contribution in [2.24, 2.45) is 0 Å². The van der Waals surface area contributed by atoms with Crippen molar-refractivity contribution in [1.29, 1.82) is 0 Å².